The van der Waals surface area contributed by atoms with E-state index in [0.29, 0.717) is 48.1 Å². The van der Waals surface area contributed by atoms with E-state index in [0.717, 1.165) is 22.3 Å². The molecular weight excluding hydrogens is 704 g/mol. The number of aliphatic carboxylic acids is 1. The molecule has 2 fully saturated rings. The summed E-state index contributed by atoms with van der Waals surface area (Å²) in [4.78, 5) is 11.5. The molecule has 14 nitrogen and oxygen atoms in total. The number of hydrogen-bond acceptors (Lipinski definition) is 13. The van der Waals surface area contributed by atoms with Crippen molar-refractivity contribution in [3.8, 4) is 16.9 Å². The van der Waals surface area contributed by atoms with Crippen molar-refractivity contribution >= 4 is 11.5 Å². The molecule has 54 heavy (non-hydrogen) atoms. The van der Waals surface area contributed by atoms with Crippen molar-refractivity contribution in [2.24, 2.45) is 0 Å². The van der Waals surface area contributed by atoms with E-state index >= 15 is 0 Å². The van der Waals surface area contributed by atoms with Gasteiger partial charge in [-0.1, -0.05) is 66.7 Å². The van der Waals surface area contributed by atoms with Crippen LogP contribution in [0.25, 0.3) is 16.7 Å². The quantitative estimate of drug-likeness (QED) is 0.118. The highest BCUT2D eigenvalue weighted by Gasteiger charge is 2.46. The largest absolute Gasteiger partial charge is 0.481 e. The predicted octanol–water partition coefficient (Wildman–Crippen LogP) is 0.822. The van der Waals surface area contributed by atoms with Crippen LogP contribution in [-0.2, 0) is 38.3 Å². The van der Waals surface area contributed by atoms with Crippen LogP contribution in [0.15, 0.2) is 84.6 Å². The van der Waals surface area contributed by atoms with E-state index in [1.807, 2.05) is 48.6 Å². The maximum Gasteiger partial charge on any atom is 0.307 e. The summed E-state index contributed by atoms with van der Waals surface area (Å²) in [6.45, 7) is -1.18. The van der Waals surface area contributed by atoms with Crippen LogP contribution in [0.3, 0.4) is 0 Å². The standard InChI is InChI=1S/C40H46O14/c41-19-30-33(45)35(47)37(49)39(53-30)51-28-10-2-1-9-26(28)24-7-3-5-21(15-24)11-12-22-13-14-29(52-40-38(50)36(48)34(46)31(20-42)54-40)27(17-22)25-8-4-6-23(16-25)18-32(43)44/h1,3-9,13-17,30-31,33-42,45-50H,2,10-12,18-20H2,(H,43,44). The first-order valence-electron chi connectivity index (χ1n) is 17.8. The van der Waals surface area contributed by atoms with Gasteiger partial charge in [0.25, 0.3) is 0 Å². The zero-order valence-electron chi connectivity index (χ0n) is 29.3. The minimum atomic E-state index is -1.63. The Morgan fingerprint density at radius 1 is 0.667 bits per heavy atom. The third-order valence-electron chi connectivity index (χ3n) is 9.90. The van der Waals surface area contributed by atoms with Gasteiger partial charge >= 0.3 is 5.97 Å². The molecule has 2 aliphatic heterocycles. The molecule has 2 heterocycles. The number of benzene rings is 3. The van der Waals surface area contributed by atoms with E-state index in [-0.39, 0.29) is 12.2 Å². The number of aliphatic hydroxyl groups is 8. The first-order valence-corrected chi connectivity index (χ1v) is 17.8. The lowest BCUT2D eigenvalue weighted by Gasteiger charge is -2.40. The summed E-state index contributed by atoms with van der Waals surface area (Å²) in [6.07, 6.45) is -8.30. The molecule has 14 heteroatoms. The summed E-state index contributed by atoms with van der Waals surface area (Å²) in [5.41, 5.74) is 5.28. The predicted molar refractivity (Wildman–Crippen MR) is 192 cm³/mol. The van der Waals surface area contributed by atoms with E-state index in [1.165, 1.54) is 0 Å². The molecule has 6 rings (SSSR count). The summed E-state index contributed by atoms with van der Waals surface area (Å²) < 4.78 is 23.3. The van der Waals surface area contributed by atoms with Gasteiger partial charge in [0, 0.05) is 17.6 Å². The third-order valence-corrected chi connectivity index (χ3v) is 9.90. The van der Waals surface area contributed by atoms with Crippen molar-refractivity contribution in [1.82, 2.24) is 0 Å². The molecule has 1 aliphatic carbocycles. The van der Waals surface area contributed by atoms with Crippen LogP contribution in [0.1, 0.15) is 35.1 Å². The molecule has 0 aromatic heterocycles. The molecule has 0 bridgehead atoms. The molecule has 2 saturated heterocycles. The van der Waals surface area contributed by atoms with Gasteiger partial charge in [0.05, 0.1) is 19.6 Å². The minimum absolute atomic E-state index is 0.201. The van der Waals surface area contributed by atoms with E-state index in [1.54, 1.807) is 30.3 Å². The molecule has 9 N–H and O–H groups in total. The topological polar surface area (TPSA) is 236 Å². The number of aliphatic hydroxyl groups excluding tert-OH is 8. The molecule has 0 radical (unpaired) electrons. The molecule has 290 valence electrons. The number of hydrogen-bond donors (Lipinski definition) is 9. The van der Waals surface area contributed by atoms with Crippen molar-refractivity contribution in [2.75, 3.05) is 13.2 Å². The molecule has 10 atom stereocenters. The fourth-order valence-corrected chi connectivity index (χ4v) is 6.89. The SMILES string of the molecule is O=C(O)Cc1cccc(-c2cc(CCc3cccc(C4=C(OC5OC(CO)C(O)C(O)C5O)CCC=C4)c3)ccc2OC2OC(CO)C(O)C(O)C2O)c1. The second kappa shape index (κ2) is 17.5. The first-order chi connectivity index (χ1) is 26.0. The fraction of sp³-hybridized carbons (Fsp3) is 0.425. The number of rotatable bonds is 13. The highest BCUT2D eigenvalue weighted by Crippen LogP contribution is 2.36. The van der Waals surface area contributed by atoms with Crippen LogP contribution in [0.2, 0.25) is 0 Å². The zero-order chi connectivity index (χ0) is 38.5. The Bertz CT molecular complexity index is 1820. The van der Waals surface area contributed by atoms with Gasteiger partial charge in [0.15, 0.2) is 0 Å². The van der Waals surface area contributed by atoms with E-state index < -0.39 is 80.6 Å². The van der Waals surface area contributed by atoms with Gasteiger partial charge in [-0.05, 0) is 59.2 Å². The van der Waals surface area contributed by atoms with Crippen LogP contribution in [0.5, 0.6) is 5.75 Å². The van der Waals surface area contributed by atoms with Crippen molar-refractivity contribution < 1.29 is 69.7 Å². The average Bonchev–Trinajstić information content (AvgIpc) is 3.18. The zero-order valence-corrected chi connectivity index (χ0v) is 29.3. The van der Waals surface area contributed by atoms with Crippen molar-refractivity contribution in [2.45, 2.75) is 93.5 Å². The minimum Gasteiger partial charge on any atom is -0.481 e. The molecule has 0 amide bonds. The number of carboxylic acids is 1. The molecule has 3 aromatic carbocycles. The highest BCUT2D eigenvalue weighted by molar-refractivity contribution is 5.77. The van der Waals surface area contributed by atoms with Crippen LogP contribution in [0, 0.1) is 0 Å². The van der Waals surface area contributed by atoms with E-state index in [2.05, 4.69) is 0 Å². The van der Waals surface area contributed by atoms with Gasteiger partial charge in [-0.25, -0.2) is 0 Å². The Morgan fingerprint density at radius 2 is 1.24 bits per heavy atom. The summed E-state index contributed by atoms with van der Waals surface area (Å²) >= 11 is 0. The Balaban J connectivity index is 1.24. The Hall–Kier alpha value is -4.19. The lowest BCUT2D eigenvalue weighted by molar-refractivity contribution is -0.291. The number of carboxylic acid groups (broad SMARTS) is 1. The van der Waals surface area contributed by atoms with Gasteiger partial charge in [0.1, 0.15) is 60.3 Å². The smallest absolute Gasteiger partial charge is 0.307 e. The second-order valence-corrected chi connectivity index (χ2v) is 13.7. The normalized spacial score (nSPS) is 29.9. The molecule has 3 aromatic rings. The van der Waals surface area contributed by atoms with Crippen molar-refractivity contribution in [3.05, 3.63) is 107 Å². The van der Waals surface area contributed by atoms with Gasteiger partial charge < -0.3 is 64.9 Å². The molecule has 3 aliphatic rings. The highest BCUT2D eigenvalue weighted by atomic mass is 16.7. The monoisotopic (exact) mass is 750 g/mol. The molecule has 10 unspecified atom stereocenters. The lowest BCUT2D eigenvalue weighted by atomic mass is 9.94. The molecule has 0 spiro atoms. The van der Waals surface area contributed by atoms with E-state index in [4.69, 9.17) is 18.9 Å². The second-order valence-electron chi connectivity index (χ2n) is 13.7. The van der Waals surface area contributed by atoms with Gasteiger partial charge in [-0.15, -0.1) is 0 Å². The Labute approximate surface area is 311 Å². The van der Waals surface area contributed by atoms with Crippen LogP contribution in [0.4, 0.5) is 0 Å². The Morgan fingerprint density at radius 3 is 1.87 bits per heavy atom. The van der Waals surface area contributed by atoms with Gasteiger partial charge in [-0.2, -0.15) is 0 Å². The molecule has 0 saturated carbocycles. The summed E-state index contributed by atoms with van der Waals surface area (Å²) in [5.74, 6) is -0.197. The Kier molecular flexibility index (Phi) is 12.8. The van der Waals surface area contributed by atoms with Crippen LogP contribution < -0.4 is 4.74 Å². The maximum atomic E-state index is 11.5. The van der Waals surface area contributed by atoms with Gasteiger partial charge in [-0.3, -0.25) is 4.79 Å². The van der Waals surface area contributed by atoms with E-state index in [9.17, 15) is 50.8 Å². The lowest BCUT2D eigenvalue weighted by Crippen LogP contribution is -2.60. The summed E-state index contributed by atoms with van der Waals surface area (Å²) in [5, 5.41) is 90.9. The number of allylic oxidation sites excluding steroid dienone is 4. The molecular formula is C40H46O14. The number of carbonyl (C=O) groups is 1. The van der Waals surface area contributed by atoms with Crippen LogP contribution in [-0.4, -0.2) is 127 Å². The van der Waals surface area contributed by atoms with Crippen molar-refractivity contribution in [1.29, 1.82) is 0 Å². The summed E-state index contributed by atoms with van der Waals surface area (Å²) in [6, 6.07) is 20.2. The fourth-order valence-electron chi connectivity index (χ4n) is 6.89. The number of ether oxygens (including phenoxy) is 4. The van der Waals surface area contributed by atoms with Crippen LogP contribution >= 0.6 is 0 Å². The average molecular weight is 751 g/mol. The van der Waals surface area contributed by atoms with Crippen molar-refractivity contribution in [3.63, 3.8) is 0 Å². The maximum absolute atomic E-state index is 11.5. The first kappa shape index (κ1) is 39.5. The summed E-state index contributed by atoms with van der Waals surface area (Å²) in [7, 11) is 0. The third kappa shape index (κ3) is 8.85. The number of aryl methyl sites for hydroxylation is 2. The van der Waals surface area contributed by atoms with Gasteiger partial charge in [0.2, 0.25) is 12.6 Å².